The van der Waals surface area contributed by atoms with Crippen molar-refractivity contribution in [3.05, 3.63) is 0 Å². The summed E-state index contributed by atoms with van der Waals surface area (Å²) in [5, 5.41) is 0. The van der Waals surface area contributed by atoms with Crippen LogP contribution in [0.3, 0.4) is 0 Å². The van der Waals surface area contributed by atoms with Gasteiger partial charge in [-0.05, 0) is 41.8 Å². The third kappa shape index (κ3) is 4.17. The fraction of sp³-hybridized carbons (Fsp3) is 0.737. The summed E-state index contributed by atoms with van der Waals surface area (Å²) in [6, 6.07) is 0. The van der Waals surface area contributed by atoms with Crippen molar-refractivity contribution in [1.29, 1.82) is 0 Å². The summed E-state index contributed by atoms with van der Waals surface area (Å²) in [4.78, 5) is 11.6. The molecule has 1 saturated carbocycles. The van der Waals surface area contributed by atoms with E-state index in [0.717, 1.165) is 6.42 Å². The van der Waals surface area contributed by atoms with E-state index < -0.39 is 8.07 Å². The average molecular weight is 319 g/mol. The maximum absolute atomic E-state index is 11.6. The second-order valence-corrected chi connectivity index (χ2v) is 12.7. The van der Waals surface area contributed by atoms with E-state index in [1.165, 1.54) is 0 Å². The van der Waals surface area contributed by atoms with Gasteiger partial charge in [-0.25, -0.2) is 0 Å². The number of hydrogen-bond acceptors (Lipinski definition) is 2. The van der Waals surface area contributed by atoms with E-state index in [1.54, 1.807) is 0 Å². The van der Waals surface area contributed by atoms with E-state index in [0.29, 0.717) is 23.2 Å². The summed E-state index contributed by atoms with van der Waals surface area (Å²) in [7, 11) is -1.69. The summed E-state index contributed by atoms with van der Waals surface area (Å²) < 4.78 is 5.02. The van der Waals surface area contributed by atoms with Crippen LogP contribution in [-0.2, 0) is 9.53 Å². The van der Waals surface area contributed by atoms with Gasteiger partial charge in [0.25, 0.3) is 0 Å². The van der Waals surface area contributed by atoms with Crippen molar-refractivity contribution >= 4 is 14.0 Å². The molecule has 2 nitrogen and oxygen atoms in total. The lowest BCUT2D eigenvalue weighted by molar-refractivity contribution is -0.144. The first-order valence-corrected chi connectivity index (χ1v) is 10.7. The van der Waals surface area contributed by atoms with Crippen LogP contribution in [0.5, 0.6) is 0 Å². The van der Waals surface area contributed by atoms with Crippen LogP contribution in [-0.4, -0.2) is 20.7 Å². The van der Waals surface area contributed by atoms with Crippen LogP contribution in [0.4, 0.5) is 0 Å². The van der Waals surface area contributed by atoms with E-state index in [2.05, 4.69) is 64.8 Å². The van der Waals surface area contributed by atoms with Crippen LogP contribution in [0.2, 0.25) is 16.6 Å². The van der Waals surface area contributed by atoms with Gasteiger partial charge in [-0.2, -0.15) is 0 Å². The number of hydrogen-bond donors (Lipinski definition) is 0. The Morgan fingerprint density at radius 3 is 2.09 bits per heavy atom. The fourth-order valence-electron chi connectivity index (χ4n) is 3.57. The zero-order valence-corrected chi connectivity index (χ0v) is 16.1. The summed E-state index contributed by atoms with van der Waals surface area (Å²) >= 11 is 0. The van der Waals surface area contributed by atoms with Crippen LogP contribution in [0.15, 0.2) is 0 Å². The lowest BCUT2D eigenvalue weighted by Crippen LogP contribution is -2.43. The van der Waals surface area contributed by atoms with E-state index in [1.807, 2.05) is 6.92 Å². The van der Waals surface area contributed by atoms with Gasteiger partial charge < -0.3 is 4.74 Å². The molecule has 0 saturated heterocycles. The van der Waals surface area contributed by atoms with Gasteiger partial charge in [0.1, 0.15) is 8.07 Å². The number of carbonyl (C=O) groups is 1. The van der Waals surface area contributed by atoms with Crippen LogP contribution in [0.1, 0.15) is 54.9 Å². The highest BCUT2D eigenvalue weighted by atomic mass is 28.3. The largest absolute Gasteiger partial charge is 0.466 e. The summed E-state index contributed by atoms with van der Waals surface area (Å²) in [6.07, 6.45) is 0.828. The number of esters is 1. The molecule has 0 aromatic carbocycles. The van der Waals surface area contributed by atoms with Gasteiger partial charge in [-0.15, -0.1) is 5.54 Å². The first-order valence-electron chi connectivity index (χ1n) is 8.46. The quantitative estimate of drug-likeness (QED) is 0.426. The summed E-state index contributed by atoms with van der Waals surface area (Å²) in [6.45, 7) is 16.1. The molecule has 0 radical (unpaired) electrons. The molecule has 2 atom stereocenters. The molecule has 0 spiro atoms. The standard InChI is InChI=1S/C19H30O2Si/c1-8-21-19(20)18-13-17(18)11-9-10-12-22(14(2)3,15(4)5)16(6)7/h14-18H,8,13H2,1-7H3. The SMILES string of the molecule is CCOC(=O)C1CC1C#CC#C[Si](C(C)C)(C(C)C)C(C)C. The van der Waals surface area contributed by atoms with Gasteiger partial charge >= 0.3 is 5.97 Å². The molecule has 1 aliphatic rings. The predicted octanol–water partition coefficient (Wildman–Crippen LogP) is 4.41. The molecule has 0 aromatic rings. The molecule has 2 unspecified atom stereocenters. The van der Waals surface area contributed by atoms with Gasteiger partial charge in [0, 0.05) is 5.92 Å². The molecule has 0 aliphatic heterocycles. The normalized spacial score (nSPS) is 20.3. The Bertz CT molecular complexity index is 489. The fourth-order valence-corrected chi connectivity index (χ4v) is 8.71. The lowest BCUT2D eigenvalue weighted by atomic mass is 10.3. The molecule has 3 heteroatoms. The first kappa shape index (κ1) is 18.9. The highest BCUT2D eigenvalue weighted by Crippen LogP contribution is 2.41. The Morgan fingerprint density at radius 2 is 1.64 bits per heavy atom. The van der Waals surface area contributed by atoms with Gasteiger partial charge in [0.15, 0.2) is 0 Å². The second-order valence-electron chi connectivity index (χ2n) is 7.12. The average Bonchev–Trinajstić information content (AvgIpc) is 3.17. The molecule has 0 N–H and O–H groups in total. The monoisotopic (exact) mass is 318 g/mol. The third-order valence-corrected chi connectivity index (χ3v) is 11.1. The third-order valence-electron chi connectivity index (χ3n) is 4.84. The maximum atomic E-state index is 11.6. The van der Waals surface area contributed by atoms with Gasteiger partial charge in [-0.1, -0.05) is 47.5 Å². The molecule has 1 rings (SSSR count). The van der Waals surface area contributed by atoms with Crippen molar-refractivity contribution in [2.45, 2.75) is 71.5 Å². The van der Waals surface area contributed by atoms with E-state index in [-0.39, 0.29) is 17.8 Å². The van der Waals surface area contributed by atoms with Crippen molar-refractivity contribution in [2.24, 2.45) is 11.8 Å². The number of rotatable bonds is 5. The molecular formula is C19H30O2Si. The minimum atomic E-state index is -1.69. The molecule has 0 bridgehead atoms. The van der Waals surface area contributed by atoms with Gasteiger partial charge in [-0.3, -0.25) is 4.79 Å². The summed E-state index contributed by atoms with van der Waals surface area (Å²) in [5.74, 6) is 9.31. The molecule has 22 heavy (non-hydrogen) atoms. The molecule has 1 fully saturated rings. The van der Waals surface area contributed by atoms with E-state index in [4.69, 9.17) is 4.74 Å². The van der Waals surface area contributed by atoms with Crippen molar-refractivity contribution < 1.29 is 9.53 Å². The van der Waals surface area contributed by atoms with Crippen molar-refractivity contribution in [3.63, 3.8) is 0 Å². The van der Waals surface area contributed by atoms with Crippen LogP contribution >= 0.6 is 0 Å². The molecule has 122 valence electrons. The Kier molecular flexibility index (Phi) is 6.76. The molecule has 0 aromatic heterocycles. The van der Waals surface area contributed by atoms with Crippen molar-refractivity contribution in [1.82, 2.24) is 0 Å². The van der Waals surface area contributed by atoms with Gasteiger partial charge in [0.2, 0.25) is 0 Å². The molecule has 0 amide bonds. The van der Waals surface area contributed by atoms with Crippen molar-refractivity contribution in [2.75, 3.05) is 6.61 Å². The molecule has 0 heterocycles. The zero-order valence-electron chi connectivity index (χ0n) is 15.1. The minimum Gasteiger partial charge on any atom is -0.466 e. The van der Waals surface area contributed by atoms with Crippen LogP contribution < -0.4 is 0 Å². The van der Waals surface area contributed by atoms with Crippen molar-refractivity contribution in [3.8, 4) is 23.3 Å². The number of ether oxygens (including phenoxy) is 1. The zero-order chi connectivity index (χ0) is 16.9. The minimum absolute atomic E-state index is 0.0171. The topological polar surface area (TPSA) is 26.3 Å². The van der Waals surface area contributed by atoms with E-state index in [9.17, 15) is 4.79 Å². The molecule has 1 aliphatic carbocycles. The van der Waals surface area contributed by atoms with Gasteiger partial charge in [0.05, 0.1) is 12.5 Å². The molecular weight excluding hydrogens is 288 g/mol. The van der Waals surface area contributed by atoms with Crippen LogP contribution in [0, 0.1) is 35.1 Å². The van der Waals surface area contributed by atoms with Crippen LogP contribution in [0.25, 0.3) is 0 Å². The Balaban J connectivity index is 2.78. The smallest absolute Gasteiger partial charge is 0.310 e. The summed E-state index contributed by atoms with van der Waals surface area (Å²) in [5.41, 5.74) is 5.44. The lowest BCUT2D eigenvalue weighted by Gasteiger charge is -2.37. The second kappa shape index (κ2) is 7.89. The van der Waals surface area contributed by atoms with E-state index >= 15 is 0 Å². The first-order chi connectivity index (χ1) is 10.3. The highest BCUT2D eigenvalue weighted by Gasteiger charge is 2.43. The Hall–Kier alpha value is -1.19. The Morgan fingerprint density at radius 1 is 1.09 bits per heavy atom. The number of carbonyl (C=O) groups excluding carboxylic acids is 1. The highest BCUT2D eigenvalue weighted by molar-refractivity contribution is 6.90. The Labute approximate surface area is 137 Å². The maximum Gasteiger partial charge on any atom is 0.310 e. The predicted molar refractivity (Wildman–Crippen MR) is 94.8 cm³/mol.